The molecule has 0 atom stereocenters. The second-order valence-electron chi connectivity index (χ2n) is 7.51. The molecule has 0 amide bonds. The summed E-state index contributed by atoms with van der Waals surface area (Å²) in [5.74, 6) is 0.457. The molecule has 29 heavy (non-hydrogen) atoms. The maximum absolute atomic E-state index is 12.7. The lowest BCUT2D eigenvalue weighted by molar-refractivity contribution is -0.384. The molecule has 1 N–H and O–H groups in total. The second kappa shape index (κ2) is 8.79. The van der Waals surface area contributed by atoms with Gasteiger partial charge in [0, 0.05) is 25.3 Å². The summed E-state index contributed by atoms with van der Waals surface area (Å²) in [6, 6.07) is 12.5. The van der Waals surface area contributed by atoms with Gasteiger partial charge < -0.3 is 9.80 Å². The molecule has 3 rings (SSSR count). The Morgan fingerprint density at radius 2 is 1.83 bits per heavy atom. The molecule has 0 saturated carbocycles. The highest BCUT2D eigenvalue weighted by molar-refractivity contribution is 7.92. The molecule has 2 aromatic carbocycles. The first-order valence-electron chi connectivity index (χ1n) is 9.52. The number of likely N-dealkylation sites (tertiary alicyclic amines) is 1. The molecule has 0 radical (unpaired) electrons. The van der Waals surface area contributed by atoms with Crippen LogP contribution in [0.5, 0.6) is 0 Å². The molecule has 9 heteroatoms. The summed E-state index contributed by atoms with van der Waals surface area (Å²) in [5, 5.41) is 11.7. The number of nitro groups is 1. The number of nitrogens with one attached hydrogen (secondary N) is 1. The minimum atomic E-state index is -3.92. The first-order chi connectivity index (χ1) is 13.8. The predicted octanol–water partition coefficient (Wildman–Crippen LogP) is 3.17. The number of rotatable bonds is 7. The number of hydrogen-bond donors (Lipinski definition) is 1. The smallest absolute Gasteiger partial charge is 0.293 e. The maximum Gasteiger partial charge on any atom is 0.293 e. The predicted molar refractivity (Wildman–Crippen MR) is 114 cm³/mol. The molecule has 2 aromatic rings. The fraction of sp³-hybridized carbons (Fsp3) is 0.400. The number of piperidine rings is 1. The number of nitro benzene ring substituents is 1. The molecule has 1 heterocycles. The van der Waals surface area contributed by atoms with E-state index in [0.717, 1.165) is 32.0 Å². The Bertz CT molecular complexity index is 958. The van der Waals surface area contributed by atoms with Gasteiger partial charge in [0.05, 0.1) is 9.82 Å². The Balaban J connectivity index is 1.82. The van der Waals surface area contributed by atoms with E-state index in [4.69, 9.17) is 0 Å². The van der Waals surface area contributed by atoms with Crippen molar-refractivity contribution >= 4 is 27.1 Å². The molecule has 1 fully saturated rings. The first kappa shape index (κ1) is 21.1. The number of sulfonamides is 1. The van der Waals surface area contributed by atoms with Crippen LogP contribution in [0.3, 0.4) is 0 Å². The summed E-state index contributed by atoms with van der Waals surface area (Å²) in [5.41, 5.74) is 0.613. The molecule has 0 spiro atoms. The molecule has 1 saturated heterocycles. The summed E-state index contributed by atoms with van der Waals surface area (Å²) in [6.07, 6.45) is 2.09. The van der Waals surface area contributed by atoms with Crippen LogP contribution in [-0.2, 0) is 10.0 Å². The van der Waals surface area contributed by atoms with E-state index in [2.05, 4.69) is 16.7 Å². The van der Waals surface area contributed by atoms with Gasteiger partial charge in [-0.3, -0.25) is 14.8 Å². The highest BCUT2D eigenvalue weighted by Crippen LogP contribution is 2.32. The van der Waals surface area contributed by atoms with Crippen molar-refractivity contribution in [2.75, 3.05) is 43.4 Å². The van der Waals surface area contributed by atoms with E-state index in [0.29, 0.717) is 23.8 Å². The standard InChI is InChI=1S/C20H26N4O4S/c1-22-12-10-16(11-13-22)15-23(2)19-9-8-18(14-20(19)24(25)26)29(27,28)21-17-6-4-3-5-7-17/h3-9,14,16,21H,10-13,15H2,1-2H3. The average Bonchev–Trinajstić information content (AvgIpc) is 2.69. The van der Waals surface area contributed by atoms with E-state index in [1.807, 2.05) is 11.9 Å². The van der Waals surface area contributed by atoms with Crippen molar-refractivity contribution in [1.29, 1.82) is 0 Å². The Labute approximate surface area is 171 Å². The van der Waals surface area contributed by atoms with Gasteiger partial charge in [0.25, 0.3) is 15.7 Å². The topological polar surface area (TPSA) is 95.8 Å². The Kier molecular flexibility index (Phi) is 6.39. The molecule has 156 valence electrons. The van der Waals surface area contributed by atoms with Gasteiger partial charge in [0.1, 0.15) is 5.69 Å². The highest BCUT2D eigenvalue weighted by atomic mass is 32.2. The van der Waals surface area contributed by atoms with E-state index < -0.39 is 14.9 Å². The van der Waals surface area contributed by atoms with Crippen LogP contribution in [-0.4, -0.2) is 52.0 Å². The normalized spacial score (nSPS) is 15.8. The first-order valence-corrected chi connectivity index (χ1v) is 11.0. The van der Waals surface area contributed by atoms with Gasteiger partial charge in [-0.25, -0.2) is 8.42 Å². The lowest BCUT2D eigenvalue weighted by Gasteiger charge is -2.32. The maximum atomic E-state index is 12.7. The van der Waals surface area contributed by atoms with E-state index in [1.165, 1.54) is 12.1 Å². The quantitative estimate of drug-likeness (QED) is 0.548. The fourth-order valence-electron chi connectivity index (χ4n) is 3.59. The lowest BCUT2D eigenvalue weighted by Crippen LogP contribution is -2.35. The largest absolute Gasteiger partial charge is 0.369 e. The van der Waals surface area contributed by atoms with Crippen LogP contribution in [0.4, 0.5) is 17.1 Å². The van der Waals surface area contributed by atoms with E-state index >= 15 is 0 Å². The fourth-order valence-corrected chi connectivity index (χ4v) is 4.67. The number of nitrogens with zero attached hydrogens (tertiary/aromatic N) is 3. The van der Waals surface area contributed by atoms with Crippen LogP contribution in [0.15, 0.2) is 53.4 Å². The second-order valence-corrected chi connectivity index (χ2v) is 9.19. The van der Waals surface area contributed by atoms with Gasteiger partial charge in [-0.2, -0.15) is 0 Å². The van der Waals surface area contributed by atoms with Gasteiger partial charge in [-0.1, -0.05) is 18.2 Å². The zero-order valence-electron chi connectivity index (χ0n) is 16.6. The minimum absolute atomic E-state index is 0.135. The molecular formula is C20H26N4O4S. The van der Waals surface area contributed by atoms with Crippen molar-refractivity contribution < 1.29 is 13.3 Å². The molecule has 0 bridgehead atoms. The number of benzene rings is 2. The van der Waals surface area contributed by atoms with Crippen molar-refractivity contribution in [3.05, 3.63) is 58.6 Å². The highest BCUT2D eigenvalue weighted by Gasteiger charge is 2.25. The molecule has 1 aliphatic heterocycles. The number of anilines is 2. The lowest BCUT2D eigenvalue weighted by atomic mass is 9.96. The minimum Gasteiger partial charge on any atom is -0.369 e. The van der Waals surface area contributed by atoms with Crippen molar-refractivity contribution in [1.82, 2.24) is 4.90 Å². The Hall–Kier alpha value is -2.65. The number of hydrogen-bond acceptors (Lipinski definition) is 6. The SMILES string of the molecule is CN1CCC(CN(C)c2ccc(S(=O)(=O)Nc3ccccc3)cc2[N+](=O)[O-])CC1. The van der Waals surface area contributed by atoms with E-state index in [9.17, 15) is 18.5 Å². The monoisotopic (exact) mass is 418 g/mol. The third kappa shape index (κ3) is 5.24. The average molecular weight is 419 g/mol. The van der Waals surface area contributed by atoms with Crippen LogP contribution in [0.1, 0.15) is 12.8 Å². The zero-order chi connectivity index (χ0) is 21.0. The molecule has 8 nitrogen and oxygen atoms in total. The van der Waals surface area contributed by atoms with Crippen molar-refractivity contribution in [3.63, 3.8) is 0 Å². The van der Waals surface area contributed by atoms with Gasteiger partial charge in [-0.05, 0) is 63.2 Å². The molecule has 1 aliphatic rings. The molecular weight excluding hydrogens is 392 g/mol. The van der Waals surface area contributed by atoms with E-state index in [-0.39, 0.29) is 10.6 Å². The van der Waals surface area contributed by atoms with Crippen LogP contribution in [0.2, 0.25) is 0 Å². The Morgan fingerprint density at radius 3 is 2.45 bits per heavy atom. The van der Waals surface area contributed by atoms with Crippen molar-refractivity contribution in [2.45, 2.75) is 17.7 Å². The van der Waals surface area contributed by atoms with Crippen LogP contribution < -0.4 is 9.62 Å². The van der Waals surface area contributed by atoms with Crippen LogP contribution in [0, 0.1) is 16.0 Å². The molecule has 0 unspecified atom stereocenters. The van der Waals surface area contributed by atoms with Crippen LogP contribution >= 0.6 is 0 Å². The number of para-hydroxylation sites is 1. The van der Waals surface area contributed by atoms with Crippen molar-refractivity contribution in [2.24, 2.45) is 5.92 Å². The molecule has 0 aromatic heterocycles. The summed E-state index contributed by atoms with van der Waals surface area (Å²) < 4.78 is 27.8. The van der Waals surface area contributed by atoms with Crippen molar-refractivity contribution in [3.8, 4) is 0 Å². The van der Waals surface area contributed by atoms with E-state index in [1.54, 1.807) is 30.3 Å². The summed E-state index contributed by atoms with van der Waals surface area (Å²) in [7, 11) is -0.0164. The van der Waals surface area contributed by atoms with Gasteiger partial charge in [-0.15, -0.1) is 0 Å². The Morgan fingerprint density at radius 1 is 1.17 bits per heavy atom. The van der Waals surface area contributed by atoms with Gasteiger partial charge in [0.2, 0.25) is 0 Å². The summed E-state index contributed by atoms with van der Waals surface area (Å²) in [4.78, 5) is 15.1. The summed E-state index contributed by atoms with van der Waals surface area (Å²) >= 11 is 0. The third-order valence-electron chi connectivity index (χ3n) is 5.26. The van der Waals surface area contributed by atoms with Gasteiger partial charge in [0.15, 0.2) is 0 Å². The zero-order valence-corrected chi connectivity index (χ0v) is 17.4. The van der Waals surface area contributed by atoms with Crippen LogP contribution in [0.25, 0.3) is 0 Å². The molecule has 0 aliphatic carbocycles. The third-order valence-corrected chi connectivity index (χ3v) is 6.64. The van der Waals surface area contributed by atoms with Gasteiger partial charge >= 0.3 is 0 Å². The summed E-state index contributed by atoms with van der Waals surface area (Å²) in [6.45, 7) is 2.73.